The lowest BCUT2D eigenvalue weighted by molar-refractivity contribution is 0.0938. The van der Waals surface area contributed by atoms with Crippen molar-refractivity contribution in [3.63, 3.8) is 0 Å². The average molecular weight is 306 g/mol. The zero-order valence-corrected chi connectivity index (χ0v) is 14.1. The molecule has 1 saturated carbocycles. The lowest BCUT2D eigenvalue weighted by atomic mass is 10.1. The highest BCUT2D eigenvalue weighted by Crippen LogP contribution is 2.30. The molecule has 1 fully saturated rings. The van der Waals surface area contributed by atoms with E-state index in [9.17, 15) is 4.79 Å². The van der Waals surface area contributed by atoms with Crippen LogP contribution in [0.25, 0.3) is 0 Å². The molecule has 116 valence electrons. The van der Waals surface area contributed by atoms with Gasteiger partial charge in [0.25, 0.3) is 5.91 Å². The molecule has 0 aromatic heterocycles. The van der Waals surface area contributed by atoms with Gasteiger partial charge in [-0.2, -0.15) is 11.8 Å². The summed E-state index contributed by atoms with van der Waals surface area (Å²) in [5.41, 5.74) is 2.00. The van der Waals surface area contributed by atoms with Crippen LogP contribution in [-0.2, 0) is 6.54 Å². The molecule has 0 saturated heterocycles. The summed E-state index contributed by atoms with van der Waals surface area (Å²) in [6, 6.07) is 8.30. The first kappa shape index (κ1) is 16.4. The predicted octanol–water partition coefficient (Wildman–Crippen LogP) is 3.15. The second-order valence-corrected chi connectivity index (χ2v) is 7.46. The minimum absolute atomic E-state index is 0.0695. The van der Waals surface area contributed by atoms with E-state index in [1.807, 2.05) is 50.1 Å². The van der Waals surface area contributed by atoms with Crippen LogP contribution in [0.1, 0.15) is 42.1 Å². The SMILES string of the molecule is CCS[C@@H]1CCC[C@H]1NC(=O)c1ccc(CN(C)C)cc1. The van der Waals surface area contributed by atoms with Gasteiger partial charge >= 0.3 is 0 Å². The Balaban J connectivity index is 1.93. The molecule has 1 aromatic rings. The summed E-state index contributed by atoms with van der Waals surface area (Å²) < 4.78 is 0. The molecular weight excluding hydrogens is 280 g/mol. The molecule has 2 rings (SSSR count). The van der Waals surface area contributed by atoms with Crippen molar-refractivity contribution in [2.75, 3.05) is 19.8 Å². The molecule has 0 radical (unpaired) electrons. The number of carbonyl (C=O) groups is 1. The minimum atomic E-state index is 0.0695. The number of hydrogen-bond donors (Lipinski definition) is 1. The van der Waals surface area contributed by atoms with Gasteiger partial charge in [0.15, 0.2) is 0 Å². The Hall–Kier alpha value is -1.00. The Labute approximate surface area is 132 Å². The van der Waals surface area contributed by atoms with Crippen LogP contribution >= 0.6 is 11.8 Å². The van der Waals surface area contributed by atoms with Crippen molar-refractivity contribution in [3.8, 4) is 0 Å². The van der Waals surface area contributed by atoms with Crippen LogP contribution in [0.2, 0.25) is 0 Å². The third-order valence-electron chi connectivity index (χ3n) is 3.86. The first-order valence-corrected chi connectivity index (χ1v) is 8.81. The van der Waals surface area contributed by atoms with E-state index < -0.39 is 0 Å². The van der Waals surface area contributed by atoms with E-state index in [1.165, 1.54) is 18.4 Å². The quantitative estimate of drug-likeness (QED) is 0.876. The Morgan fingerprint density at radius 1 is 1.29 bits per heavy atom. The fraction of sp³-hybridized carbons (Fsp3) is 0.588. The summed E-state index contributed by atoms with van der Waals surface area (Å²) in [6.45, 7) is 3.09. The molecular formula is C17H26N2OS. The summed E-state index contributed by atoms with van der Waals surface area (Å²) in [6.07, 6.45) is 3.57. The molecule has 1 amide bonds. The largest absolute Gasteiger partial charge is 0.348 e. The molecule has 2 atom stereocenters. The number of rotatable bonds is 6. The van der Waals surface area contributed by atoms with E-state index in [2.05, 4.69) is 17.1 Å². The van der Waals surface area contributed by atoms with E-state index in [1.54, 1.807) is 0 Å². The smallest absolute Gasteiger partial charge is 0.251 e. The van der Waals surface area contributed by atoms with E-state index >= 15 is 0 Å². The van der Waals surface area contributed by atoms with Gasteiger partial charge in [-0.1, -0.05) is 25.5 Å². The van der Waals surface area contributed by atoms with E-state index in [0.29, 0.717) is 11.3 Å². The first-order valence-electron chi connectivity index (χ1n) is 7.76. The lowest BCUT2D eigenvalue weighted by Crippen LogP contribution is -2.38. The predicted molar refractivity (Wildman–Crippen MR) is 90.9 cm³/mol. The van der Waals surface area contributed by atoms with Gasteiger partial charge in [-0.3, -0.25) is 4.79 Å². The van der Waals surface area contributed by atoms with E-state index in [4.69, 9.17) is 0 Å². The summed E-state index contributed by atoms with van der Waals surface area (Å²) in [5.74, 6) is 1.19. The Kier molecular flexibility index (Phi) is 6.12. The first-order chi connectivity index (χ1) is 10.1. The van der Waals surface area contributed by atoms with Gasteiger partial charge in [0.1, 0.15) is 0 Å². The number of carbonyl (C=O) groups excluding carboxylic acids is 1. The molecule has 1 aromatic carbocycles. The van der Waals surface area contributed by atoms with E-state index in [0.717, 1.165) is 24.3 Å². The summed E-state index contributed by atoms with van der Waals surface area (Å²) in [5, 5.41) is 3.81. The van der Waals surface area contributed by atoms with Crippen LogP contribution in [0, 0.1) is 0 Å². The molecule has 0 aliphatic heterocycles. The number of benzene rings is 1. The van der Waals surface area contributed by atoms with Crippen molar-refractivity contribution < 1.29 is 4.79 Å². The van der Waals surface area contributed by atoms with Crippen LogP contribution in [0.15, 0.2) is 24.3 Å². The zero-order valence-electron chi connectivity index (χ0n) is 13.3. The molecule has 1 aliphatic rings. The van der Waals surface area contributed by atoms with Gasteiger partial charge in [0.05, 0.1) is 0 Å². The summed E-state index contributed by atoms with van der Waals surface area (Å²) in [4.78, 5) is 14.5. The van der Waals surface area contributed by atoms with Crippen LogP contribution in [-0.4, -0.2) is 41.9 Å². The van der Waals surface area contributed by atoms with Gasteiger partial charge in [-0.15, -0.1) is 0 Å². The molecule has 0 bridgehead atoms. The van der Waals surface area contributed by atoms with Gasteiger partial charge in [0, 0.05) is 23.4 Å². The molecule has 21 heavy (non-hydrogen) atoms. The molecule has 0 heterocycles. The van der Waals surface area contributed by atoms with Crippen LogP contribution in [0.5, 0.6) is 0 Å². The highest BCUT2D eigenvalue weighted by molar-refractivity contribution is 7.99. The zero-order chi connectivity index (χ0) is 15.2. The lowest BCUT2D eigenvalue weighted by Gasteiger charge is -2.20. The van der Waals surface area contributed by atoms with Crippen LogP contribution < -0.4 is 5.32 Å². The Morgan fingerprint density at radius 2 is 2.00 bits per heavy atom. The maximum atomic E-state index is 12.4. The van der Waals surface area contributed by atoms with Gasteiger partial charge < -0.3 is 10.2 Å². The van der Waals surface area contributed by atoms with Crippen molar-refractivity contribution in [1.82, 2.24) is 10.2 Å². The number of nitrogens with one attached hydrogen (secondary N) is 1. The van der Waals surface area contributed by atoms with Crippen molar-refractivity contribution >= 4 is 17.7 Å². The van der Waals surface area contributed by atoms with Crippen molar-refractivity contribution in [1.29, 1.82) is 0 Å². The van der Waals surface area contributed by atoms with Crippen molar-refractivity contribution in [2.45, 2.75) is 44.0 Å². The second kappa shape index (κ2) is 7.85. The summed E-state index contributed by atoms with van der Waals surface area (Å²) in [7, 11) is 4.10. The number of nitrogens with zero attached hydrogens (tertiary/aromatic N) is 1. The maximum absolute atomic E-state index is 12.4. The Morgan fingerprint density at radius 3 is 2.62 bits per heavy atom. The number of thioether (sulfide) groups is 1. The topological polar surface area (TPSA) is 32.3 Å². The molecule has 0 unspecified atom stereocenters. The minimum Gasteiger partial charge on any atom is -0.348 e. The van der Waals surface area contributed by atoms with Crippen molar-refractivity contribution in [3.05, 3.63) is 35.4 Å². The van der Waals surface area contributed by atoms with Crippen LogP contribution in [0.4, 0.5) is 0 Å². The fourth-order valence-electron chi connectivity index (χ4n) is 2.88. The molecule has 1 aliphatic carbocycles. The fourth-order valence-corrected chi connectivity index (χ4v) is 4.08. The van der Waals surface area contributed by atoms with Gasteiger partial charge in [-0.05, 0) is 50.4 Å². The van der Waals surface area contributed by atoms with Crippen molar-refractivity contribution in [2.24, 2.45) is 0 Å². The average Bonchev–Trinajstić information content (AvgIpc) is 2.86. The highest BCUT2D eigenvalue weighted by atomic mass is 32.2. The van der Waals surface area contributed by atoms with Crippen LogP contribution in [0.3, 0.4) is 0 Å². The van der Waals surface area contributed by atoms with E-state index in [-0.39, 0.29) is 5.91 Å². The molecule has 3 nitrogen and oxygen atoms in total. The number of hydrogen-bond acceptors (Lipinski definition) is 3. The highest BCUT2D eigenvalue weighted by Gasteiger charge is 2.28. The normalized spacial score (nSPS) is 21.7. The summed E-state index contributed by atoms with van der Waals surface area (Å²) >= 11 is 1.97. The molecule has 1 N–H and O–H groups in total. The standard InChI is InChI=1S/C17H26N2OS/c1-4-21-16-7-5-6-15(16)18-17(20)14-10-8-13(9-11-14)12-19(2)3/h8-11,15-16H,4-7,12H2,1-3H3,(H,18,20)/t15-,16-/m1/s1. The van der Waals surface area contributed by atoms with Gasteiger partial charge in [0.2, 0.25) is 0 Å². The maximum Gasteiger partial charge on any atom is 0.251 e. The monoisotopic (exact) mass is 306 g/mol. The third-order valence-corrected chi connectivity index (χ3v) is 5.19. The second-order valence-electron chi connectivity index (χ2n) is 5.94. The Bertz CT molecular complexity index is 458. The molecule has 0 spiro atoms. The number of amides is 1. The van der Waals surface area contributed by atoms with Gasteiger partial charge in [-0.25, -0.2) is 0 Å². The third kappa shape index (κ3) is 4.75. The molecule has 4 heteroatoms.